The lowest BCUT2D eigenvalue weighted by Gasteiger charge is -2.18. The molecular formula is C27H20ClN3O3. The van der Waals surface area contributed by atoms with Crippen LogP contribution in [0.5, 0.6) is 11.5 Å². The molecule has 168 valence electrons. The Kier molecular flexibility index (Phi) is 5.97. The maximum Gasteiger partial charge on any atom is 0.251 e. The van der Waals surface area contributed by atoms with Gasteiger partial charge in [-0.2, -0.15) is 0 Å². The third-order valence-electron chi connectivity index (χ3n) is 5.52. The Bertz CT molecular complexity index is 1370. The third kappa shape index (κ3) is 4.49. The number of fused-ring (bicyclic) bond motifs is 2. The lowest BCUT2D eigenvalue weighted by molar-refractivity contribution is 0.0950. The summed E-state index contributed by atoms with van der Waals surface area (Å²) in [4.78, 5) is 30.6. The molecule has 3 aromatic carbocycles. The monoisotopic (exact) mass is 469 g/mol. The van der Waals surface area contributed by atoms with E-state index in [-0.39, 0.29) is 11.7 Å². The summed E-state index contributed by atoms with van der Waals surface area (Å²) in [6.45, 7) is 0.296. The van der Waals surface area contributed by atoms with E-state index in [4.69, 9.17) is 16.3 Å². The first-order chi connectivity index (χ1) is 16.6. The lowest BCUT2D eigenvalue weighted by Crippen LogP contribution is -2.24. The van der Waals surface area contributed by atoms with E-state index in [1.165, 1.54) is 0 Å². The molecule has 0 saturated carbocycles. The number of carbonyl (C=O) groups excluding carboxylic acids is 2. The van der Waals surface area contributed by atoms with Gasteiger partial charge in [0.05, 0.1) is 17.9 Å². The maximum atomic E-state index is 13.7. The standard InChI is InChI=1S/C27H20ClN3O3/c28-19-11-12-24-22(15-19)31-25(21-9-1-2-10-23(21)34-24)26(32)17-6-5-7-18(14-17)27(33)30-16-20-8-3-4-13-29-20/h1-15,25,31H,16H2,(H,30,33). The van der Waals surface area contributed by atoms with E-state index in [0.29, 0.717) is 45.4 Å². The van der Waals surface area contributed by atoms with Crippen LogP contribution in [-0.2, 0) is 6.54 Å². The minimum absolute atomic E-state index is 0.191. The fourth-order valence-electron chi connectivity index (χ4n) is 3.83. The molecule has 7 heteroatoms. The zero-order valence-electron chi connectivity index (χ0n) is 18.0. The zero-order valence-corrected chi connectivity index (χ0v) is 18.8. The number of Topliss-reactive ketones (excluding diaryl/α,β-unsaturated/α-hetero) is 1. The molecule has 0 spiro atoms. The number of benzene rings is 3. The van der Waals surface area contributed by atoms with Crippen molar-refractivity contribution in [3.05, 3.63) is 119 Å². The van der Waals surface area contributed by atoms with Crippen LogP contribution in [0, 0.1) is 0 Å². The molecule has 0 bridgehead atoms. The van der Waals surface area contributed by atoms with Gasteiger partial charge in [0, 0.05) is 27.9 Å². The van der Waals surface area contributed by atoms with Crippen molar-refractivity contribution < 1.29 is 14.3 Å². The fraction of sp³-hybridized carbons (Fsp3) is 0.0741. The molecule has 5 rings (SSSR count). The molecule has 0 fully saturated rings. The van der Waals surface area contributed by atoms with Gasteiger partial charge in [-0.25, -0.2) is 0 Å². The lowest BCUT2D eigenvalue weighted by atomic mass is 9.95. The number of anilines is 1. The number of ether oxygens (including phenoxy) is 1. The summed E-state index contributed by atoms with van der Waals surface area (Å²) in [5.74, 6) is 0.687. The van der Waals surface area contributed by atoms with Crippen LogP contribution in [0.1, 0.15) is 38.0 Å². The van der Waals surface area contributed by atoms with Gasteiger partial charge < -0.3 is 15.4 Å². The van der Waals surface area contributed by atoms with Crippen molar-refractivity contribution >= 4 is 29.0 Å². The van der Waals surface area contributed by atoms with Gasteiger partial charge in [-0.15, -0.1) is 0 Å². The summed E-state index contributed by atoms with van der Waals surface area (Å²) in [7, 11) is 0. The number of amides is 1. The first-order valence-corrected chi connectivity index (χ1v) is 11.1. The van der Waals surface area contributed by atoms with Gasteiger partial charge in [0.15, 0.2) is 11.5 Å². The smallest absolute Gasteiger partial charge is 0.251 e. The second-order valence-electron chi connectivity index (χ2n) is 7.81. The minimum Gasteiger partial charge on any atom is -0.455 e. The fourth-order valence-corrected chi connectivity index (χ4v) is 4.00. The van der Waals surface area contributed by atoms with Gasteiger partial charge in [0.2, 0.25) is 0 Å². The van der Waals surface area contributed by atoms with Crippen molar-refractivity contribution in [3.8, 4) is 11.5 Å². The van der Waals surface area contributed by atoms with E-state index in [1.54, 1.807) is 48.7 Å². The molecule has 0 aliphatic carbocycles. The number of hydrogen-bond donors (Lipinski definition) is 2. The van der Waals surface area contributed by atoms with Crippen LogP contribution in [0.25, 0.3) is 0 Å². The zero-order chi connectivity index (χ0) is 23.5. The minimum atomic E-state index is -0.720. The Balaban J connectivity index is 1.43. The van der Waals surface area contributed by atoms with Gasteiger partial charge >= 0.3 is 0 Å². The highest BCUT2D eigenvalue weighted by Crippen LogP contribution is 2.42. The Morgan fingerprint density at radius 3 is 2.59 bits per heavy atom. The highest BCUT2D eigenvalue weighted by Gasteiger charge is 2.29. The van der Waals surface area contributed by atoms with Crippen LogP contribution < -0.4 is 15.4 Å². The summed E-state index contributed by atoms with van der Waals surface area (Å²) < 4.78 is 6.07. The number of carbonyl (C=O) groups is 2. The average molecular weight is 470 g/mol. The second-order valence-corrected chi connectivity index (χ2v) is 8.24. The van der Waals surface area contributed by atoms with Crippen LogP contribution in [0.3, 0.4) is 0 Å². The normalized spacial score (nSPS) is 14.0. The molecule has 0 saturated heterocycles. The molecule has 1 unspecified atom stereocenters. The summed E-state index contributed by atoms with van der Waals surface area (Å²) in [5, 5.41) is 6.65. The molecule has 1 atom stereocenters. The predicted molar refractivity (Wildman–Crippen MR) is 131 cm³/mol. The van der Waals surface area contributed by atoms with Crippen molar-refractivity contribution in [2.24, 2.45) is 0 Å². The topological polar surface area (TPSA) is 80.3 Å². The summed E-state index contributed by atoms with van der Waals surface area (Å²) in [6, 6.07) is 24.1. The van der Waals surface area contributed by atoms with Crippen molar-refractivity contribution in [3.63, 3.8) is 0 Å². The molecule has 1 aliphatic heterocycles. The van der Waals surface area contributed by atoms with Crippen molar-refractivity contribution in [2.75, 3.05) is 5.32 Å². The molecule has 2 heterocycles. The Morgan fingerprint density at radius 1 is 0.912 bits per heavy atom. The summed E-state index contributed by atoms with van der Waals surface area (Å²) in [5.41, 5.74) is 2.86. The second kappa shape index (κ2) is 9.37. The van der Waals surface area contributed by atoms with Gasteiger partial charge in [-0.3, -0.25) is 14.6 Å². The van der Waals surface area contributed by atoms with Gasteiger partial charge in [-0.05, 0) is 48.5 Å². The molecule has 4 aromatic rings. The van der Waals surface area contributed by atoms with Crippen LogP contribution in [0.15, 0.2) is 91.1 Å². The highest BCUT2D eigenvalue weighted by atomic mass is 35.5. The number of pyridine rings is 1. The van der Waals surface area contributed by atoms with Gasteiger partial charge in [0.25, 0.3) is 5.91 Å². The van der Waals surface area contributed by atoms with E-state index in [1.807, 2.05) is 42.5 Å². The number of para-hydroxylation sites is 1. The predicted octanol–water partition coefficient (Wildman–Crippen LogP) is 5.81. The van der Waals surface area contributed by atoms with Gasteiger partial charge in [0.1, 0.15) is 11.8 Å². The molecule has 2 N–H and O–H groups in total. The number of hydrogen-bond acceptors (Lipinski definition) is 5. The number of halogens is 1. The van der Waals surface area contributed by atoms with Gasteiger partial charge in [-0.1, -0.05) is 48.0 Å². The summed E-state index contributed by atoms with van der Waals surface area (Å²) in [6.07, 6.45) is 1.67. The van der Waals surface area contributed by atoms with E-state index in [0.717, 1.165) is 5.69 Å². The van der Waals surface area contributed by atoms with Crippen molar-refractivity contribution in [1.82, 2.24) is 10.3 Å². The van der Waals surface area contributed by atoms with E-state index < -0.39 is 6.04 Å². The van der Waals surface area contributed by atoms with E-state index >= 15 is 0 Å². The number of nitrogens with one attached hydrogen (secondary N) is 2. The molecule has 0 radical (unpaired) electrons. The molecule has 6 nitrogen and oxygen atoms in total. The number of rotatable bonds is 5. The molecule has 1 amide bonds. The maximum absolute atomic E-state index is 13.7. The first kappa shape index (κ1) is 21.7. The van der Waals surface area contributed by atoms with E-state index in [2.05, 4.69) is 15.6 Å². The van der Waals surface area contributed by atoms with Crippen molar-refractivity contribution in [2.45, 2.75) is 12.6 Å². The van der Waals surface area contributed by atoms with Crippen LogP contribution in [-0.4, -0.2) is 16.7 Å². The molecular weight excluding hydrogens is 450 g/mol. The average Bonchev–Trinajstić information content (AvgIpc) is 3.04. The van der Waals surface area contributed by atoms with Crippen molar-refractivity contribution in [1.29, 1.82) is 0 Å². The Labute approximate surface area is 201 Å². The molecule has 1 aromatic heterocycles. The quantitative estimate of drug-likeness (QED) is 0.361. The SMILES string of the molecule is O=C(NCc1ccccn1)c1cccc(C(=O)C2Nc3cc(Cl)ccc3Oc3ccccc32)c1. The molecule has 34 heavy (non-hydrogen) atoms. The summed E-state index contributed by atoms with van der Waals surface area (Å²) >= 11 is 6.19. The van der Waals surface area contributed by atoms with E-state index in [9.17, 15) is 9.59 Å². The Hall–Kier alpha value is -4.16. The number of nitrogens with zero attached hydrogens (tertiary/aromatic N) is 1. The third-order valence-corrected chi connectivity index (χ3v) is 5.75. The number of ketones is 1. The molecule has 1 aliphatic rings. The largest absolute Gasteiger partial charge is 0.455 e. The van der Waals surface area contributed by atoms with Crippen LogP contribution in [0.4, 0.5) is 5.69 Å². The van der Waals surface area contributed by atoms with Crippen LogP contribution >= 0.6 is 11.6 Å². The van der Waals surface area contributed by atoms with Crippen LogP contribution in [0.2, 0.25) is 5.02 Å². The highest BCUT2D eigenvalue weighted by molar-refractivity contribution is 6.31. The Morgan fingerprint density at radius 2 is 1.74 bits per heavy atom. The number of aromatic nitrogens is 1. The first-order valence-electron chi connectivity index (χ1n) is 10.7.